The first-order valence-corrected chi connectivity index (χ1v) is 6.63. The van der Waals surface area contributed by atoms with E-state index in [4.69, 9.17) is 34.8 Å². The van der Waals surface area contributed by atoms with Gasteiger partial charge in [0.05, 0.1) is 10.0 Å². The molecule has 0 unspecified atom stereocenters. The smallest absolute Gasteiger partial charge is 0.185 e. The van der Waals surface area contributed by atoms with Crippen molar-refractivity contribution in [2.45, 2.75) is 0 Å². The van der Waals surface area contributed by atoms with Crippen LogP contribution >= 0.6 is 34.8 Å². The molecule has 0 aromatic heterocycles. The highest BCUT2D eigenvalue weighted by Crippen LogP contribution is 2.23. The Morgan fingerprint density at radius 1 is 0.895 bits per heavy atom. The lowest BCUT2D eigenvalue weighted by molar-refractivity contribution is 0.104. The van der Waals surface area contributed by atoms with Crippen molar-refractivity contribution in [3.8, 4) is 0 Å². The molecule has 0 fully saturated rings. The van der Waals surface area contributed by atoms with Crippen molar-refractivity contribution in [3.05, 3.63) is 74.7 Å². The van der Waals surface area contributed by atoms with Gasteiger partial charge in [-0.25, -0.2) is 0 Å². The first-order chi connectivity index (χ1) is 9.08. The van der Waals surface area contributed by atoms with Gasteiger partial charge in [-0.3, -0.25) is 4.79 Å². The SMILES string of the molecule is O=C(/C=C\c1ccccc1Cl)c1ccc(Cl)c(Cl)c1. The second-order valence-electron chi connectivity index (χ2n) is 3.85. The second kappa shape index (κ2) is 6.25. The van der Waals surface area contributed by atoms with Crippen molar-refractivity contribution in [1.29, 1.82) is 0 Å². The number of allylic oxidation sites excluding steroid dienone is 1. The highest BCUT2D eigenvalue weighted by Gasteiger charge is 2.05. The lowest BCUT2D eigenvalue weighted by atomic mass is 10.1. The average molecular weight is 312 g/mol. The molecule has 0 atom stereocenters. The Morgan fingerprint density at radius 3 is 2.32 bits per heavy atom. The van der Waals surface area contributed by atoms with Crippen LogP contribution in [0.2, 0.25) is 15.1 Å². The predicted octanol–water partition coefficient (Wildman–Crippen LogP) is 5.54. The number of rotatable bonds is 3. The van der Waals surface area contributed by atoms with Gasteiger partial charge < -0.3 is 0 Å². The van der Waals surface area contributed by atoms with Gasteiger partial charge in [0.2, 0.25) is 0 Å². The highest BCUT2D eigenvalue weighted by atomic mass is 35.5. The van der Waals surface area contributed by atoms with Gasteiger partial charge in [-0.05, 0) is 42.0 Å². The fraction of sp³-hybridized carbons (Fsp3) is 0. The summed E-state index contributed by atoms with van der Waals surface area (Å²) in [7, 11) is 0. The second-order valence-corrected chi connectivity index (χ2v) is 5.07. The monoisotopic (exact) mass is 310 g/mol. The molecule has 2 aromatic carbocycles. The third kappa shape index (κ3) is 3.60. The summed E-state index contributed by atoms with van der Waals surface area (Å²) in [5.41, 5.74) is 1.27. The standard InChI is InChI=1S/C15H9Cl3O/c16-12-4-2-1-3-10(12)6-8-15(19)11-5-7-13(17)14(18)9-11/h1-9H/b8-6-. The maximum absolute atomic E-state index is 12.0. The number of benzene rings is 2. The van der Waals surface area contributed by atoms with Crippen molar-refractivity contribution >= 4 is 46.7 Å². The zero-order chi connectivity index (χ0) is 13.8. The van der Waals surface area contributed by atoms with E-state index in [1.54, 1.807) is 30.3 Å². The summed E-state index contributed by atoms with van der Waals surface area (Å²) in [5.74, 6) is -0.154. The quantitative estimate of drug-likeness (QED) is 0.537. The van der Waals surface area contributed by atoms with Crippen LogP contribution in [0.15, 0.2) is 48.5 Å². The van der Waals surface area contributed by atoms with E-state index in [0.29, 0.717) is 20.6 Å². The number of carbonyl (C=O) groups excluding carboxylic acids is 1. The average Bonchev–Trinajstić information content (AvgIpc) is 2.40. The molecule has 0 radical (unpaired) electrons. The number of ketones is 1. The number of halogens is 3. The van der Waals surface area contributed by atoms with E-state index >= 15 is 0 Å². The van der Waals surface area contributed by atoms with Crippen LogP contribution in [-0.4, -0.2) is 5.78 Å². The van der Waals surface area contributed by atoms with Crippen molar-refractivity contribution in [2.75, 3.05) is 0 Å². The van der Waals surface area contributed by atoms with Crippen molar-refractivity contribution in [1.82, 2.24) is 0 Å². The molecule has 1 nitrogen and oxygen atoms in total. The van der Waals surface area contributed by atoms with Gasteiger partial charge in [0, 0.05) is 10.6 Å². The van der Waals surface area contributed by atoms with Gasteiger partial charge in [-0.2, -0.15) is 0 Å². The predicted molar refractivity (Wildman–Crippen MR) is 81.3 cm³/mol. The third-order valence-corrected chi connectivity index (χ3v) is 3.61. The molecule has 0 spiro atoms. The van der Waals surface area contributed by atoms with Gasteiger partial charge in [0.15, 0.2) is 5.78 Å². The summed E-state index contributed by atoms with van der Waals surface area (Å²) < 4.78 is 0. The molecule has 2 rings (SSSR count). The molecule has 0 aliphatic rings. The van der Waals surface area contributed by atoms with E-state index in [1.807, 2.05) is 18.2 Å². The lowest BCUT2D eigenvalue weighted by Gasteiger charge is -2.00. The molecule has 4 heteroatoms. The van der Waals surface area contributed by atoms with Crippen LogP contribution in [0.5, 0.6) is 0 Å². The summed E-state index contributed by atoms with van der Waals surface area (Å²) in [6, 6.07) is 12.1. The topological polar surface area (TPSA) is 17.1 Å². The molecule has 96 valence electrons. The van der Waals surface area contributed by atoms with Gasteiger partial charge in [-0.15, -0.1) is 0 Å². The van der Waals surface area contributed by atoms with E-state index < -0.39 is 0 Å². The van der Waals surface area contributed by atoms with Gasteiger partial charge in [0.25, 0.3) is 0 Å². The summed E-state index contributed by atoms with van der Waals surface area (Å²) >= 11 is 17.7. The highest BCUT2D eigenvalue weighted by molar-refractivity contribution is 6.42. The molecule has 19 heavy (non-hydrogen) atoms. The van der Waals surface area contributed by atoms with E-state index in [1.165, 1.54) is 6.08 Å². The minimum atomic E-state index is -0.154. The number of carbonyl (C=O) groups is 1. The van der Waals surface area contributed by atoms with Crippen LogP contribution in [0, 0.1) is 0 Å². The molecule has 0 bridgehead atoms. The Balaban J connectivity index is 2.21. The van der Waals surface area contributed by atoms with E-state index in [2.05, 4.69) is 0 Å². The molecule has 0 aliphatic carbocycles. The van der Waals surface area contributed by atoms with Gasteiger partial charge in [0.1, 0.15) is 0 Å². The van der Waals surface area contributed by atoms with Gasteiger partial charge in [-0.1, -0.05) is 53.0 Å². The van der Waals surface area contributed by atoms with E-state index in [-0.39, 0.29) is 5.78 Å². The molecule has 0 heterocycles. The minimum Gasteiger partial charge on any atom is -0.289 e. The summed E-state index contributed by atoms with van der Waals surface area (Å²) in [6.07, 6.45) is 3.13. The Hall–Kier alpha value is -1.28. The Morgan fingerprint density at radius 2 is 1.63 bits per heavy atom. The summed E-state index contributed by atoms with van der Waals surface area (Å²) in [4.78, 5) is 12.0. The molecule has 0 amide bonds. The van der Waals surface area contributed by atoms with Crippen LogP contribution < -0.4 is 0 Å². The molecular weight excluding hydrogens is 303 g/mol. The van der Waals surface area contributed by atoms with Crippen LogP contribution in [0.3, 0.4) is 0 Å². The van der Waals surface area contributed by atoms with Crippen LogP contribution in [-0.2, 0) is 0 Å². The van der Waals surface area contributed by atoms with Crippen molar-refractivity contribution in [3.63, 3.8) is 0 Å². The lowest BCUT2D eigenvalue weighted by Crippen LogP contribution is -1.93. The Labute approximate surface area is 126 Å². The largest absolute Gasteiger partial charge is 0.289 e. The van der Waals surface area contributed by atoms with E-state index in [9.17, 15) is 4.79 Å². The molecule has 0 aliphatic heterocycles. The van der Waals surface area contributed by atoms with Gasteiger partial charge >= 0.3 is 0 Å². The first kappa shape index (κ1) is 14.1. The molecule has 0 N–H and O–H groups in total. The zero-order valence-electron chi connectivity index (χ0n) is 9.74. The fourth-order valence-electron chi connectivity index (χ4n) is 1.52. The third-order valence-electron chi connectivity index (χ3n) is 2.52. The van der Waals surface area contributed by atoms with Crippen molar-refractivity contribution < 1.29 is 4.79 Å². The first-order valence-electron chi connectivity index (χ1n) is 5.50. The normalized spacial score (nSPS) is 10.9. The van der Waals surface area contributed by atoms with Crippen LogP contribution in [0.25, 0.3) is 6.08 Å². The molecule has 0 saturated heterocycles. The summed E-state index contributed by atoms with van der Waals surface area (Å²) in [5, 5.41) is 1.38. The van der Waals surface area contributed by atoms with Crippen molar-refractivity contribution in [2.24, 2.45) is 0 Å². The Kier molecular flexibility index (Phi) is 4.65. The fourth-order valence-corrected chi connectivity index (χ4v) is 2.02. The zero-order valence-corrected chi connectivity index (χ0v) is 12.0. The molecule has 0 saturated carbocycles. The van der Waals surface area contributed by atoms with Crippen LogP contribution in [0.1, 0.15) is 15.9 Å². The Bertz CT molecular complexity index is 648. The van der Waals surface area contributed by atoms with E-state index in [0.717, 1.165) is 5.56 Å². The molecule has 2 aromatic rings. The number of hydrogen-bond acceptors (Lipinski definition) is 1. The maximum atomic E-state index is 12.0. The summed E-state index contributed by atoms with van der Waals surface area (Å²) in [6.45, 7) is 0. The molecular formula is C15H9Cl3O. The van der Waals surface area contributed by atoms with Crippen LogP contribution in [0.4, 0.5) is 0 Å². The minimum absolute atomic E-state index is 0.154. The maximum Gasteiger partial charge on any atom is 0.185 e. The number of hydrogen-bond donors (Lipinski definition) is 0.